The number of rotatable bonds is 3. The molecule has 128 valence electrons. The lowest BCUT2D eigenvalue weighted by Gasteiger charge is -2.15. The Kier molecular flexibility index (Phi) is 4.01. The summed E-state index contributed by atoms with van der Waals surface area (Å²) in [5.74, 6) is 1.48. The van der Waals surface area contributed by atoms with Crippen LogP contribution in [0.15, 0.2) is 29.6 Å². The van der Waals surface area contributed by atoms with E-state index < -0.39 is 0 Å². The second-order valence-corrected chi connectivity index (χ2v) is 7.11. The van der Waals surface area contributed by atoms with Gasteiger partial charge in [0, 0.05) is 23.5 Å². The number of aromatic amines is 1. The number of aryl methyl sites for hydroxylation is 1. The first-order valence-corrected chi connectivity index (χ1v) is 8.95. The van der Waals surface area contributed by atoms with Crippen molar-refractivity contribution in [2.24, 2.45) is 0 Å². The van der Waals surface area contributed by atoms with Crippen molar-refractivity contribution in [3.05, 3.63) is 51.6 Å². The van der Waals surface area contributed by atoms with Gasteiger partial charge in [-0.3, -0.25) is 4.79 Å². The number of nitrogens with one attached hydrogen (secondary N) is 2. The highest BCUT2D eigenvalue weighted by Crippen LogP contribution is 2.28. The highest BCUT2D eigenvalue weighted by molar-refractivity contribution is 7.09. The Labute approximate surface area is 149 Å². The zero-order chi connectivity index (χ0) is 17.4. The molecule has 6 nitrogen and oxygen atoms in total. The quantitative estimate of drug-likeness (QED) is 0.758. The molecule has 0 saturated carbocycles. The van der Waals surface area contributed by atoms with E-state index in [9.17, 15) is 4.79 Å². The molecule has 1 aliphatic rings. The maximum absolute atomic E-state index is 12.4. The van der Waals surface area contributed by atoms with Crippen LogP contribution in [0.4, 0.5) is 0 Å². The summed E-state index contributed by atoms with van der Waals surface area (Å²) in [5, 5.41) is 5.90. The summed E-state index contributed by atoms with van der Waals surface area (Å²) in [6.07, 6.45) is 0.706. The molecule has 0 fully saturated rings. The third-order valence-corrected chi connectivity index (χ3v) is 5.15. The molecule has 1 aliphatic heterocycles. The molecule has 0 aliphatic carbocycles. The predicted octanol–water partition coefficient (Wildman–Crippen LogP) is 2.92. The van der Waals surface area contributed by atoms with E-state index in [4.69, 9.17) is 4.74 Å². The number of fused-ring (bicyclic) bond motifs is 1. The van der Waals surface area contributed by atoms with Crippen LogP contribution >= 0.6 is 11.3 Å². The fourth-order valence-electron chi connectivity index (χ4n) is 3.09. The van der Waals surface area contributed by atoms with Crippen molar-refractivity contribution in [1.29, 1.82) is 0 Å². The van der Waals surface area contributed by atoms with Crippen molar-refractivity contribution < 1.29 is 9.53 Å². The van der Waals surface area contributed by atoms with Crippen molar-refractivity contribution >= 4 is 17.2 Å². The van der Waals surface area contributed by atoms with Crippen LogP contribution in [0.1, 0.15) is 32.7 Å². The third-order valence-electron chi connectivity index (χ3n) is 4.38. The Morgan fingerprint density at radius 2 is 2.20 bits per heavy atom. The molecule has 1 amide bonds. The zero-order valence-corrected chi connectivity index (χ0v) is 14.8. The number of carbonyl (C=O) groups excluding carboxylic acids is 1. The number of hydrogen-bond acceptors (Lipinski definition) is 5. The van der Waals surface area contributed by atoms with Crippen LogP contribution in [-0.4, -0.2) is 34.5 Å². The van der Waals surface area contributed by atoms with Crippen LogP contribution < -0.4 is 10.1 Å². The van der Waals surface area contributed by atoms with E-state index in [0.29, 0.717) is 24.5 Å². The molecule has 1 aromatic carbocycles. The van der Waals surface area contributed by atoms with E-state index in [1.165, 1.54) is 0 Å². The van der Waals surface area contributed by atoms with Gasteiger partial charge < -0.3 is 15.0 Å². The molecular formula is C18H18N4O2S. The Morgan fingerprint density at radius 3 is 2.96 bits per heavy atom. The molecular weight excluding hydrogens is 336 g/mol. The van der Waals surface area contributed by atoms with Crippen LogP contribution in [0.2, 0.25) is 0 Å². The number of thiazole rings is 1. The summed E-state index contributed by atoms with van der Waals surface area (Å²) in [5.41, 5.74) is 3.23. The summed E-state index contributed by atoms with van der Waals surface area (Å²) in [6, 6.07) is 7.97. The number of amides is 1. The molecule has 2 aromatic heterocycles. The van der Waals surface area contributed by atoms with E-state index in [1.54, 1.807) is 18.4 Å². The standard InChI is InChI=1S/C18H18N4O2S/c1-10-20-15(9-25-10)17-21-14-7-12(8-19-18(23)16(14)22-17)11-4-3-5-13(6-11)24-2/h3-6,9,12H,7-8H2,1-2H3,(H,19,23)(H,21,22)/t12-/m0/s1. The first kappa shape index (κ1) is 15.8. The molecule has 4 rings (SSSR count). The zero-order valence-electron chi connectivity index (χ0n) is 14.0. The number of H-pyrrole nitrogens is 1. The van der Waals surface area contributed by atoms with Crippen LogP contribution in [0.3, 0.4) is 0 Å². The van der Waals surface area contributed by atoms with Crippen LogP contribution in [-0.2, 0) is 6.42 Å². The first-order chi connectivity index (χ1) is 12.1. The Morgan fingerprint density at radius 1 is 1.32 bits per heavy atom. The molecule has 0 bridgehead atoms. The molecule has 3 aromatic rings. The van der Waals surface area contributed by atoms with Gasteiger partial charge in [0.2, 0.25) is 0 Å². The lowest BCUT2D eigenvalue weighted by atomic mass is 9.94. The smallest absolute Gasteiger partial charge is 0.271 e. The van der Waals surface area contributed by atoms with Gasteiger partial charge in [-0.2, -0.15) is 0 Å². The molecule has 7 heteroatoms. The fourth-order valence-corrected chi connectivity index (χ4v) is 3.69. The maximum Gasteiger partial charge on any atom is 0.271 e. The van der Waals surface area contributed by atoms with Gasteiger partial charge in [0.25, 0.3) is 5.91 Å². The van der Waals surface area contributed by atoms with Gasteiger partial charge in [0.05, 0.1) is 12.1 Å². The van der Waals surface area contributed by atoms with Gasteiger partial charge >= 0.3 is 0 Å². The Hall–Kier alpha value is -2.67. The van der Waals surface area contributed by atoms with Gasteiger partial charge in [-0.15, -0.1) is 11.3 Å². The van der Waals surface area contributed by atoms with E-state index in [2.05, 4.69) is 26.3 Å². The second kappa shape index (κ2) is 6.33. The fraction of sp³-hybridized carbons (Fsp3) is 0.278. The van der Waals surface area contributed by atoms with Crippen molar-refractivity contribution in [2.75, 3.05) is 13.7 Å². The van der Waals surface area contributed by atoms with Crippen molar-refractivity contribution in [1.82, 2.24) is 20.3 Å². The van der Waals surface area contributed by atoms with E-state index in [-0.39, 0.29) is 11.8 Å². The number of aromatic nitrogens is 3. The monoisotopic (exact) mass is 354 g/mol. The topological polar surface area (TPSA) is 79.9 Å². The number of hydrogen-bond donors (Lipinski definition) is 2. The van der Waals surface area contributed by atoms with Crippen molar-refractivity contribution in [3.8, 4) is 17.3 Å². The van der Waals surface area contributed by atoms with Crippen molar-refractivity contribution in [2.45, 2.75) is 19.3 Å². The van der Waals surface area contributed by atoms with E-state index in [0.717, 1.165) is 27.7 Å². The summed E-state index contributed by atoms with van der Waals surface area (Å²) >= 11 is 1.57. The highest BCUT2D eigenvalue weighted by atomic mass is 32.1. The number of ether oxygens (including phenoxy) is 1. The molecule has 1 atom stereocenters. The van der Waals surface area contributed by atoms with Gasteiger partial charge in [0.15, 0.2) is 5.82 Å². The number of nitrogens with zero attached hydrogens (tertiary/aromatic N) is 2. The minimum absolute atomic E-state index is 0.144. The largest absolute Gasteiger partial charge is 0.497 e. The highest BCUT2D eigenvalue weighted by Gasteiger charge is 2.27. The third kappa shape index (κ3) is 3.02. The number of carbonyl (C=O) groups is 1. The lowest BCUT2D eigenvalue weighted by Crippen LogP contribution is -2.26. The first-order valence-electron chi connectivity index (χ1n) is 8.07. The average molecular weight is 354 g/mol. The molecule has 0 unspecified atom stereocenters. The van der Waals surface area contributed by atoms with E-state index >= 15 is 0 Å². The number of methoxy groups -OCH3 is 1. The second-order valence-electron chi connectivity index (χ2n) is 6.05. The summed E-state index contributed by atoms with van der Waals surface area (Å²) in [7, 11) is 1.66. The maximum atomic E-state index is 12.4. The Bertz CT molecular complexity index is 931. The van der Waals surface area contributed by atoms with Gasteiger partial charge in [-0.05, 0) is 31.0 Å². The number of benzene rings is 1. The minimum Gasteiger partial charge on any atom is -0.497 e. The molecule has 2 N–H and O–H groups in total. The van der Waals surface area contributed by atoms with Gasteiger partial charge in [-0.25, -0.2) is 9.97 Å². The van der Waals surface area contributed by atoms with Gasteiger partial charge in [0.1, 0.15) is 17.1 Å². The SMILES string of the molecule is COc1cccc([C@@H]2CNC(=O)c3nc(-c4csc(C)n4)[nH]c3C2)c1. The molecule has 0 radical (unpaired) electrons. The summed E-state index contributed by atoms with van der Waals surface area (Å²) in [4.78, 5) is 24.7. The molecule has 25 heavy (non-hydrogen) atoms. The Balaban J connectivity index is 1.68. The molecule has 0 saturated heterocycles. The average Bonchev–Trinajstić information content (AvgIpc) is 3.21. The van der Waals surface area contributed by atoms with Crippen LogP contribution in [0.5, 0.6) is 5.75 Å². The van der Waals surface area contributed by atoms with E-state index in [1.807, 2.05) is 30.5 Å². The van der Waals surface area contributed by atoms with Crippen LogP contribution in [0, 0.1) is 6.92 Å². The van der Waals surface area contributed by atoms with Crippen molar-refractivity contribution in [3.63, 3.8) is 0 Å². The van der Waals surface area contributed by atoms with Gasteiger partial charge in [-0.1, -0.05) is 12.1 Å². The normalized spacial score (nSPS) is 16.9. The summed E-state index contributed by atoms with van der Waals surface area (Å²) in [6.45, 7) is 2.52. The molecule has 0 spiro atoms. The lowest BCUT2D eigenvalue weighted by molar-refractivity contribution is 0.0950. The predicted molar refractivity (Wildman–Crippen MR) is 96.2 cm³/mol. The minimum atomic E-state index is -0.144. The van der Waals surface area contributed by atoms with Crippen LogP contribution in [0.25, 0.3) is 11.5 Å². The summed E-state index contributed by atoms with van der Waals surface area (Å²) < 4.78 is 5.32. The molecule has 3 heterocycles. The number of imidazole rings is 1.